The standard InChI is InChI=1S/C17H22BrNO2/c1-5-15(20)10-17(21)16(11-19(4)12(2)3)13-7-6-8-14(18)9-13/h6-9,11-12H,5,10H2,1-4H3. The summed E-state index contributed by atoms with van der Waals surface area (Å²) in [4.78, 5) is 26.0. The maximum absolute atomic E-state index is 12.5. The lowest BCUT2D eigenvalue weighted by Crippen LogP contribution is -2.22. The molecule has 21 heavy (non-hydrogen) atoms. The van der Waals surface area contributed by atoms with E-state index in [0.717, 1.165) is 10.0 Å². The van der Waals surface area contributed by atoms with Crippen LogP contribution in [0.3, 0.4) is 0 Å². The molecule has 0 N–H and O–H groups in total. The fourth-order valence-electron chi connectivity index (χ4n) is 1.72. The maximum atomic E-state index is 12.5. The van der Waals surface area contributed by atoms with Crippen LogP contribution in [0.1, 0.15) is 39.2 Å². The van der Waals surface area contributed by atoms with Gasteiger partial charge in [0.05, 0.1) is 6.42 Å². The number of halogens is 1. The highest BCUT2D eigenvalue weighted by Gasteiger charge is 2.17. The van der Waals surface area contributed by atoms with Crippen molar-refractivity contribution in [2.24, 2.45) is 0 Å². The van der Waals surface area contributed by atoms with Gasteiger partial charge in [0.1, 0.15) is 5.78 Å². The zero-order valence-electron chi connectivity index (χ0n) is 13.0. The third-order valence-corrected chi connectivity index (χ3v) is 3.83. The number of Topliss-reactive ketones (excluding diaryl/α,β-unsaturated/α-hetero) is 2. The largest absolute Gasteiger partial charge is 0.377 e. The summed E-state index contributed by atoms with van der Waals surface area (Å²) in [6.45, 7) is 5.88. The van der Waals surface area contributed by atoms with Crippen LogP contribution in [-0.2, 0) is 9.59 Å². The van der Waals surface area contributed by atoms with Gasteiger partial charge in [0.25, 0.3) is 0 Å². The molecule has 0 saturated carbocycles. The van der Waals surface area contributed by atoms with Crippen molar-refractivity contribution in [1.82, 2.24) is 4.90 Å². The van der Waals surface area contributed by atoms with E-state index in [0.29, 0.717) is 12.0 Å². The molecule has 0 heterocycles. The lowest BCUT2D eigenvalue weighted by molar-refractivity contribution is -0.124. The number of rotatable bonds is 7. The molecule has 0 saturated heterocycles. The summed E-state index contributed by atoms with van der Waals surface area (Å²) in [5.74, 6) is -0.166. The van der Waals surface area contributed by atoms with E-state index in [1.54, 1.807) is 6.92 Å². The summed E-state index contributed by atoms with van der Waals surface area (Å²) < 4.78 is 0.910. The van der Waals surface area contributed by atoms with Crippen molar-refractivity contribution in [2.75, 3.05) is 7.05 Å². The molecule has 0 aliphatic rings. The third-order valence-electron chi connectivity index (χ3n) is 3.34. The van der Waals surface area contributed by atoms with Crippen molar-refractivity contribution in [3.05, 3.63) is 40.5 Å². The van der Waals surface area contributed by atoms with Gasteiger partial charge in [-0.15, -0.1) is 0 Å². The molecule has 0 atom stereocenters. The second kappa shape index (κ2) is 8.13. The molecular weight excluding hydrogens is 330 g/mol. The average molecular weight is 352 g/mol. The van der Waals surface area contributed by atoms with Crippen molar-refractivity contribution in [3.8, 4) is 0 Å². The average Bonchev–Trinajstić information content (AvgIpc) is 2.43. The molecule has 0 fully saturated rings. The summed E-state index contributed by atoms with van der Waals surface area (Å²) in [5, 5.41) is 0. The zero-order valence-corrected chi connectivity index (χ0v) is 14.6. The minimum absolute atomic E-state index is 0.0342. The van der Waals surface area contributed by atoms with E-state index in [-0.39, 0.29) is 24.0 Å². The number of benzene rings is 1. The van der Waals surface area contributed by atoms with E-state index < -0.39 is 0 Å². The first-order chi connectivity index (χ1) is 9.85. The number of hydrogen-bond donors (Lipinski definition) is 0. The number of carbonyl (C=O) groups excluding carboxylic acids is 2. The van der Waals surface area contributed by atoms with Crippen LogP contribution in [0.2, 0.25) is 0 Å². The molecule has 1 aromatic rings. The molecule has 0 unspecified atom stereocenters. The van der Waals surface area contributed by atoms with Gasteiger partial charge in [0.2, 0.25) is 0 Å². The third kappa shape index (κ3) is 5.46. The summed E-state index contributed by atoms with van der Waals surface area (Å²) in [6.07, 6.45) is 2.18. The van der Waals surface area contributed by atoms with Crippen molar-refractivity contribution >= 4 is 33.1 Å². The Morgan fingerprint density at radius 2 is 2.00 bits per heavy atom. The summed E-state index contributed by atoms with van der Waals surface area (Å²) >= 11 is 3.42. The van der Waals surface area contributed by atoms with Gasteiger partial charge in [-0.1, -0.05) is 35.0 Å². The van der Waals surface area contributed by atoms with Crippen LogP contribution < -0.4 is 0 Å². The van der Waals surface area contributed by atoms with Gasteiger partial charge in [0, 0.05) is 35.8 Å². The molecule has 0 amide bonds. The van der Waals surface area contributed by atoms with E-state index in [9.17, 15) is 9.59 Å². The van der Waals surface area contributed by atoms with E-state index in [1.165, 1.54) is 0 Å². The predicted molar refractivity (Wildman–Crippen MR) is 89.9 cm³/mol. The molecule has 0 aliphatic heterocycles. The predicted octanol–water partition coefficient (Wildman–Crippen LogP) is 4.07. The number of ketones is 2. The van der Waals surface area contributed by atoms with Gasteiger partial charge in [0.15, 0.2) is 5.78 Å². The van der Waals surface area contributed by atoms with Crippen LogP contribution in [0.15, 0.2) is 34.9 Å². The van der Waals surface area contributed by atoms with Crippen LogP contribution in [-0.4, -0.2) is 29.6 Å². The van der Waals surface area contributed by atoms with E-state index in [4.69, 9.17) is 0 Å². The Hall–Kier alpha value is -1.42. The van der Waals surface area contributed by atoms with Gasteiger partial charge in [-0.2, -0.15) is 0 Å². The quantitative estimate of drug-likeness (QED) is 0.548. The lowest BCUT2D eigenvalue weighted by atomic mass is 9.98. The summed E-state index contributed by atoms with van der Waals surface area (Å²) in [5.41, 5.74) is 1.40. The number of nitrogens with zero attached hydrogens (tertiary/aromatic N) is 1. The summed E-state index contributed by atoms with van der Waals surface area (Å²) in [7, 11) is 1.93. The van der Waals surface area contributed by atoms with Gasteiger partial charge >= 0.3 is 0 Å². The normalized spacial score (nSPS) is 11.6. The second-order valence-corrected chi connectivity index (χ2v) is 6.22. The molecule has 0 bridgehead atoms. The summed E-state index contributed by atoms with van der Waals surface area (Å²) in [6, 6.07) is 7.86. The van der Waals surface area contributed by atoms with Crippen LogP contribution >= 0.6 is 15.9 Å². The fraction of sp³-hybridized carbons (Fsp3) is 0.412. The van der Waals surface area contributed by atoms with Crippen molar-refractivity contribution in [2.45, 2.75) is 39.7 Å². The van der Waals surface area contributed by atoms with E-state index in [1.807, 2.05) is 42.4 Å². The molecule has 3 nitrogen and oxygen atoms in total. The maximum Gasteiger partial charge on any atom is 0.172 e. The molecular formula is C17H22BrNO2. The Morgan fingerprint density at radius 1 is 1.33 bits per heavy atom. The first-order valence-electron chi connectivity index (χ1n) is 7.09. The molecule has 1 aromatic carbocycles. The number of hydrogen-bond acceptors (Lipinski definition) is 3. The van der Waals surface area contributed by atoms with Crippen LogP contribution in [0.25, 0.3) is 5.57 Å². The minimum Gasteiger partial charge on any atom is -0.377 e. The Morgan fingerprint density at radius 3 is 2.52 bits per heavy atom. The van der Waals surface area contributed by atoms with Gasteiger partial charge < -0.3 is 4.90 Å². The fourth-order valence-corrected chi connectivity index (χ4v) is 2.11. The van der Waals surface area contributed by atoms with E-state index in [2.05, 4.69) is 29.8 Å². The Bertz CT molecular complexity index is 549. The highest BCUT2D eigenvalue weighted by Crippen LogP contribution is 2.22. The minimum atomic E-state index is -0.132. The monoisotopic (exact) mass is 351 g/mol. The van der Waals surface area contributed by atoms with Crippen molar-refractivity contribution in [1.29, 1.82) is 0 Å². The molecule has 1 rings (SSSR count). The zero-order chi connectivity index (χ0) is 16.0. The number of carbonyl (C=O) groups is 2. The van der Waals surface area contributed by atoms with Crippen molar-refractivity contribution < 1.29 is 9.59 Å². The Balaban J connectivity index is 3.17. The Kier molecular flexibility index (Phi) is 6.82. The first-order valence-corrected chi connectivity index (χ1v) is 7.89. The smallest absolute Gasteiger partial charge is 0.172 e. The van der Waals surface area contributed by atoms with Crippen LogP contribution in [0.4, 0.5) is 0 Å². The molecule has 0 aliphatic carbocycles. The van der Waals surface area contributed by atoms with Crippen LogP contribution in [0, 0.1) is 0 Å². The van der Waals surface area contributed by atoms with E-state index >= 15 is 0 Å². The molecule has 4 heteroatoms. The molecule has 0 radical (unpaired) electrons. The number of allylic oxidation sites excluding steroid dienone is 1. The highest BCUT2D eigenvalue weighted by atomic mass is 79.9. The topological polar surface area (TPSA) is 37.4 Å². The molecule has 0 aromatic heterocycles. The lowest BCUT2D eigenvalue weighted by Gasteiger charge is -2.21. The van der Waals surface area contributed by atoms with Gasteiger partial charge in [-0.05, 0) is 31.5 Å². The first kappa shape index (κ1) is 17.6. The van der Waals surface area contributed by atoms with Crippen LogP contribution in [0.5, 0.6) is 0 Å². The molecule has 114 valence electrons. The Labute approximate surface area is 135 Å². The highest BCUT2D eigenvalue weighted by molar-refractivity contribution is 9.10. The van der Waals surface area contributed by atoms with Crippen molar-refractivity contribution in [3.63, 3.8) is 0 Å². The van der Waals surface area contributed by atoms with Gasteiger partial charge in [-0.3, -0.25) is 9.59 Å². The SMILES string of the molecule is CCC(=O)CC(=O)C(=CN(C)C(C)C)c1cccc(Br)c1. The molecule has 0 spiro atoms. The second-order valence-electron chi connectivity index (χ2n) is 5.30. The van der Waals surface area contributed by atoms with Gasteiger partial charge in [-0.25, -0.2) is 0 Å².